The molecule has 0 saturated heterocycles. The van der Waals surface area contributed by atoms with Crippen LogP contribution in [0.1, 0.15) is 19.4 Å². The van der Waals surface area contributed by atoms with Gasteiger partial charge in [0.1, 0.15) is 17.2 Å². The van der Waals surface area contributed by atoms with Crippen LogP contribution in [0.2, 0.25) is 0 Å². The predicted molar refractivity (Wildman–Crippen MR) is 130 cm³/mol. The van der Waals surface area contributed by atoms with Crippen LogP contribution < -0.4 is 19.5 Å². The maximum Gasteiger partial charge on any atom is 0.234 e. The van der Waals surface area contributed by atoms with Crippen LogP contribution in [0.5, 0.6) is 17.2 Å². The van der Waals surface area contributed by atoms with E-state index in [9.17, 15) is 4.79 Å². The Kier molecular flexibility index (Phi) is 6.88. The lowest BCUT2D eigenvalue weighted by Gasteiger charge is -2.13. The van der Waals surface area contributed by atoms with Gasteiger partial charge < -0.3 is 19.5 Å². The molecule has 4 aromatic rings. The van der Waals surface area contributed by atoms with Crippen molar-refractivity contribution in [3.63, 3.8) is 0 Å². The molecule has 0 bridgehead atoms. The molecule has 1 amide bonds. The monoisotopic (exact) mass is 466 g/mol. The van der Waals surface area contributed by atoms with Crippen LogP contribution >= 0.6 is 11.8 Å². The lowest BCUT2D eigenvalue weighted by Crippen LogP contribution is -2.15. The van der Waals surface area contributed by atoms with E-state index in [0.717, 1.165) is 27.9 Å². The highest BCUT2D eigenvalue weighted by atomic mass is 32.2. The van der Waals surface area contributed by atoms with Crippen molar-refractivity contribution in [2.45, 2.75) is 25.9 Å². The second-order valence-electron chi connectivity index (χ2n) is 7.25. The molecule has 2 aromatic carbocycles. The minimum Gasteiger partial charge on any atom is -0.497 e. The van der Waals surface area contributed by atoms with Gasteiger partial charge in [-0.2, -0.15) is 0 Å². The van der Waals surface area contributed by atoms with Crippen LogP contribution in [-0.2, 0) is 4.79 Å². The Morgan fingerprint density at radius 3 is 2.58 bits per heavy atom. The highest BCUT2D eigenvalue weighted by Crippen LogP contribution is 2.31. The van der Waals surface area contributed by atoms with Gasteiger partial charge in [-0.05, 0) is 62.1 Å². The van der Waals surface area contributed by atoms with Crippen molar-refractivity contribution in [3.8, 4) is 17.2 Å². The molecule has 0 aliphatic carbocycles. The van der Waals surface area contributed by atoms with Crippen molar-refractivity contribution >= 4 is 39.9 Å². The third-order valence-electron chi connectivity index (χ3n) is 5.00. The number of fused-ring (bicyclic) bond motifs is 3. The fraction of sp³-hybridized carbons (Fsp3) is 0.292. The molecule has 9 heteroatoms. The quantitative estimate of drug-likeness (QED) is 0.357. The largest absolute Gasteiger partial charge is 0.497 e. The second-order valence-corrected chi connectivity index (χ2v) is 8.20. The van der Waals surface area contributed by atoms with E-state index in [1.165, 1.54) is 11.8 Å². The van der Waals surface area contributed by atoms with E-state index in [2.05, 4.69) is 21.6 Å². The van der Waals surface area contributed by atoms with Gasteiger partial charge in [-0.15, -0.1) is 10.2 Å². The molecule has 0 fully saturated rings. The topological polar surface area (TPSA) is 87.0 Å². The molecular formula is C24H26N4O4S. The standard InChI is InChI=1S/C24H26N4O4S/c1-5-31-18-9-10-21(32-6-2)19(12-18)25-22(29)14-33-24-27-26-23-15(3)11-16-7-8-17(30-4)13-20(16)28(23)24/h7-13H,5-6,14H2,1-4H3,(H,25,29). The molecule has 172 valence electrons. The molecule has 2 heterocycles. The Balaban J connectivity index is 1.58. The summed E-state index contributed by atoms with van der Waals surface area (Å²) in [6, 6.07) is 13.3. The summed E-state index contributed by atoms with van der Waals surface area (Å²) in [4.78, 5) is 12.8. The highest BCUT2D eigenvalue weighted by Gasteiger charge is 2.16. The van der Waals surface area contributed by atoms with Gasteiger partial charge in [-0.1, -0.05) is 11.8 Å². The average Bonchev–Trinajstić information content (AvgIpc) is 3.25. The number of pyridine rings is 1. The molecule has 0 radical (unpaired) electrons. The number of ether oxygens (including phenoxy) is 3. The van der Waals surface area contributed by atoms with Gasteiger partial charge in [0.05, 0.1) is 37.3 Å². The van der Waals surface area contributed by atoms with Crippen LogP contribution in [0.4, 0.5) is 5.69 Å². The van der Waals surface area contributed by atoms with Crippen molar-refractivity contribution in [1.82, 2.24) is 14.6 Å². The highest BCUT2D eigenvalue weighted by molar-refractivity contribution is 7.99. The summed E-state index contributed by atoms with van der Waals surface area (Å²) in [5.41, 5.74) is 3.25. The third kappa shape index (κ3) is 4.83. The summed E-state index contributed by atoms with van der Waals surface area (Å²) in [6.07, 6.45) is 0. The van der Waals surface area contributed by atoms with E-state index in [1.807, 2.05) is 49.4 Å². The molecular weight excluding hydrogens is 440 g/mol. The van der Waals surface area contributed by atoms with Crippen molar-refractivity contribution in [2.75, 3.05) is 31.4 Å². The molecule has 2 aromatic heterocycles. The number of hydrogen-bond acceptors (Lipinski definition) is 7. The van der Waals surface area contributed by atoms with Crippen LogP contribution in [0, 0.1) is 6.92 Å². The first-order valence-corrected chi connectivity index (χ1v) is 11.7. The smallest absolute Gasteiger partial charge is 0.234 e. The Bertz CT molecular complexity index is 1300. The van der Waals surface area contributed by atoms with Gasteiger partial charge in [-0.25, -0.2) is 0 Å². The van der Waals surface area contributed by atoms with Crippen LogP contribution in [0.15, 0.2) is 47.6 Å². The van der Waals surface area contributed by atoms with Gasteiger partial charge in [0.15, 0.2) is 10.8 Å². The number of carbonyl (C=O) groups excluding carboxylic acids is 1. The van der Waals surface area contributed by atoms with Crippen molar-refractivity contribution < 1.29 is 19.0 Å². The summed E-state index contributed by atoms with van der Waals surface area (Å²) < 4.78 is 18.6. The molecule has 0 aliphatic heterocycles. The summed E-state index contributed by atoms with van der Waals surface area (Å²) in [7, 11) is 1.63. The molecule has 1 N–H and O–H groups in total. The van der Waals surface area contributed by atoms with Crippen molar-refractivity contribution in [2.24, 2.45) is 0 Å². The Morgan fingerprint density at radius 2 is 1.82 bits per heavy atom. The summed E-state index contributed by atoms with van der Waals surface area (Å²) in [5.74, 6) is 1.99. The normalized spacial score (nSPS) is 11.0. The van der Waals surface area contributed by atoms with Gasteiger partial charge in [-0.3, -0.25) is 9.20 Å². The minimum absolute atomic E-state index is 0.157. The summed E-state index contributed by atoms with van der Waals surface area (Å²) >= 11 is 1.32. The first-order valence-electron chi connectivity index (χ1n) is 10.7. The van der Waals surface area contributed by atoms with E-state index in [0.29, 0.717) is 35.6 Å². The van der Waals surface area contributed by atoms with Crippen LogP contribution in [-0.4, -0.2) is 46.6 Å². The Hall–Kier alpha value is -3.46. The Labute approximate surface area is 196 Å². The minimum atomic E-state index is -0.180. The number of aromatic nitrogens is 3. The number of methoxy groups -OCH3 is 1. The number of thioether (sulfide) groups is 1. The number of rotatable bonds is 9. The van der Waals surface area contributed by atoms with Crippen molar-refractivity contribution in [3.05, 3.63) is 48.0 Å². The van der Waals surface area contributed by atoms with Gasteiger partial charge in [0.25, 0.3) is 0 Å². The zero-order valence-electron chi connectivity index (χ0n) is 19.0. The molecule has 0 spiro atoms. The predicted octanol–water partition coefficient (Wildman–Crippen LogP) is 4.73. The number of carbonyl (C=O) groups is 1. The number of nitrogens with one attached hydrogen (secondary N) is 1. The first-order chi connectivity index (χ1) is 16.0. The Morgan fingerprint density at radius 1 is 1.03 bits per heavy atom. The fourth-order valence-electron chi connectivity index (χ4n) is 3.56. The second kappa shape index (κ2) is 9.99. The van der Waals surface area contributed by atoms with Crippen LogP contribution in [0.3, 0.4) is 0 Å². The molecule has 0 saturated carbocycles. The summed E-state index contributed by atoms with van der Waals surface area (Å²) in [5, 5.41) is 13.3. The molecule has 0 atom stereocenters. The number of benzene rings is 2. The lowest BCUT2D eigenvalue weighted by atomic mass is 10.1. The third-order valence-corrected chi connectivity index (χ3v) is 5.93. The zero-order valence-corrected chi connectivity index (χ0v) is 19.9. The maximum absolute atomic E-state index is 12.8. The molecule has 33 heavy (non-hydrogen) atoms. The number of hydrogen-bond donors (Lipinski definition) is 1. The van der Waals surface area contributed by atoms with Gasteiger partial charge >= 0.3 is 0 Å². The number of anilines is 1. The number of aryl methyl sites for hydroxylation is 1. The van der Waals surface area contributed by atoms with Gasteiger partial charge in [0.2, 0.25) is 5.91 Å². The zero-order chi connectivity index (χ0) is 23.4. The average molecular weight is 467 g/mol. The molecule has 0 unspecified atom stereocenters. The maximum atomic E-state index is 12.8. The van der Waals surface area contributed by atoms with E-state index in [4.69, 9.17) is 14.2 Å². The molecule has 0 aliphatic rings. The summed E-state index contributed by atoms with van der Waals surface area (Å²) in [6.45, 7) is 6.84. The van der Waals surface area contributed by atoms with Crippen LogP contribution in [0.25, 0.3) is 16.6 Å². The van der Waals surface area contributed by atoms with Gasteiger partial charge in [0, 0.05) is 12.1 Å². The molecule has 8 nitrogen and oxygen atoms in total. The first kappa shape index (κ1) is 22.7. The SMILES string of the molecule is CCOc1ccc(OCC)c(NC(=O)CSc2nnc3c(C)cc4ccc(OC)cc4n23)c1. The molecule has 4 rings (SSSR count). The van der Waals surface area contributed by atoms with Crippen molar-refractivity contribution in [1.29, 1.82) is 0 Å². The van der Waals surface area contributed by atoms with E-state index < -0.39 is 0 Å². The van der Waals surface area contributed by atoms with E-state index in [1.54, 1.807) is 19.2 Å². The number of nitrogens with zero attached hydrogens (tertiary/aromatic N) is 3. The fourth-order valence-corrected chi connectivity index (χ4v) is 4.31. The van der Waals surface area contributed by atoms with E-state index in [-0.39, 0.29) is 11.7 Å². The number of amides is 1. The van der Waals surface area contributed by atoms with E-state index >= 15 is 0 Å². The lowest BCUT2D eigenvalue weighted by molar-refractivity contribution is -0.113.